The number of aliphatic imine (C=N–C) groups is 1. The lowest BCUT2D eigenvalue weighted by molar-refractivity contribution is 0.486. The first-order valence-corrected chi connectivity index (χ1v) is 11.0. The minimum absolute atomic E-state index is 0.131. The number of aryl methyl sites for hydroxylation is 1. The van der Waals surface area contributed by atoms with Crippen molar-refractivity contribution in [3.63, 3.8) is 0 Å². The van der Waals surface area contributed by atoms with Gasteiger partial charge in [-0.1, -0.05) is 12.1 Å². The molecule has 0 bridgehead atoms. The van der Waals surface area contributed by atoms with Gasteiger partial charge in [-0.15, -0.1) is 0 Å². The second-order valence-electron chi connectivity index (χ2n) is 7.05. The van der Waals surface area contributed by atoms with Gasteiger partial charge in [-0.2, -0.15) is 5.10 Å². The topological polar surface area (TPSA) is 106 Å². The first-order chi connectivity index (χ1) is 13.4. The first kappa shape index (κ1) is 20.3. The third-order valence-corrected chi connectivity index (χ3v) is 5.86. The maximum absolute atomic E-state index is 11.3. The first-order valence-electron chi connectivity index (χ1n) is 9.50. The number of nitrogens with two attached hydrogens (primary N) is 1. The molecule has 1 aliphatic heterocycles. The van der Waals surface area contributed by atoms with Crippen molar-refractivity contribution in [3.05, 3.63) is 47.8 Å². The van der Waals surface area contributed by atoms with Crippen molar-refractivity contribution in [2.24, 2.45) is 17.2 Å². The Morgan fingerprint density at radius 3 is 2.71 bits per heavy atom. The van der Waals surface area contributed by atoms with Crippen LogP contribution in [0.25, 0.3) is 0 Å². The highest BCUT2D eigenvalue weighted by atomic mass is 32.2. The molecule has 1 atom stereocenters. The largest absolute Gasteiger partial charge is 0.357 e. The van der Waals surface area contributed by atoms with Gasteiger partial charge in [0.1, 0.15) is 0 Å². The quantitative estimate of drug-likeness (QED) is 0.553. The van der Waals surface area contributed by atoms with Gasteiger partial charge in [0.25, 0.3) is 0 Å². The smallest absolute Gasteiger partial charge is 0.238 e. The van der Waals surface area contributed by atoms with Gasteiger partial charge in [-0.3, -0.25) is 9.67 Å². The zero-order valence-electron chi connectivity index (χ0n) is 16.4. The summed E-state index contributed by atoms with van der Waals surface area (Å²) in [5.41, 5.74) is 2.30. The van der Waals surface area contributed by atoms with Crippen molar-refractivity contribution in [1.29, 1.82) is 0 Å². The molecule has 1 unspecified atom stereocenters. The summed E-state index contributed by atoms with van der Waals surface area (Å²) >= 11 is 0. The Morgan fingerprint density at radius 1 is 1.36 bits per heavy atom. The van der Waals surface area contributed by atoms with Gasteiger partial charge in [-0.25, -0.2) is 13.6 Å². The van der Waals surface area contributed by atoms with E-state index in [0.29, 0.717) is 12.5 Å². The fourth-order valence-corrected chi connectivity index (χ4v) is 3.95. The van der Waals surface area contributed by atoms with Crippen LogP contribution in [-0.4, -0.2) is 55.2 Å². The van der Waals surface area contributed by atoms with E-state index in [-0.39, 0.29) is 4.90 Å². The summed E-state index contributed by atoms with van der Waals surface area (Å²) in [6.45, 7) is 5.41. The van der Waals surface area contributed by atoms with Gasteiger partial charge in [0.2, 0.25) is 10.0 Å². The van der Waals surface area contributed by atoms with Crippen molar-refractivity contribution in [3.8, 4) is 0 Å². The lowest BCUT2D eigenvalue weighted by Crippen LogP contribution is -2.40. The Hall–Kier alpha value is -2.39. The van der Waals surface area contributed by atoms with Crippen molar-refractivity contribution in [2.45, 2.75) is 30.6 Å². The minimum Gasteiger partial charge on any atom is -0.357 e. The van der Waals surface area contributed by atoms with E-state index in [1.807, 2.05) is 17.9 Å². The molecule has 28 heavy (non-hydrogen) atoms. The van der Waals surface area contributed by atoms with Crippen molar-refractivity contribution < 1.29 is 8.42 Å². The zero-order valence-corrected chi connectivity index (χ0v) is 17.2. The highest BCUT2D eigenvalue weighted by Gasteiger charge is 2.26. The van der Waals surface area contributed by atoms with Gasteiger partial charge in [-0.05, 0) is 43.0 Å². The van der Waals surface area contributed by atoms with Crippen LogP contribution in [0.4, 0.5) is 0 Å². The fourth-order valence-electron chi connectivity index (χ4n) is 3.44. The van der Waals surface area contributed by atoms with Gasteiger partial charge in [0.15, 0.2) is 5.96 Å². The molecular weight excluding hydrogens is 376 g/mol. The molecule has 3 N–H and O–H groups in total. The number of aromatic nitrogens is 2. The minimum atomic E-state index is -3.65. The third kappa shape index (κ3) is 5.11. The predicted octanol–water partition coefficient (Wildman–Crippen LogP) is 1.07. The Kier molecular flexibility index (Phi) is 6.35. The number of primary sulfonamides is 1. The molecule has 8 nitrogen and oxygen atoms in total. The average Bonchev–Trinajstić information content (AvgIpc) is 3.30. The van der Waals surface area contributed by atoms with E-state index >= 15 is 0 Å². The third-order valence-electron chi connectivity index (χ3n) is 4.93. The second kappa shape index (κ2) is 8.74. The molecule has 1 fully saturated rings. The molecule has 1 aromatic heterocycles. The summed E-state index contributed by atoms with van der Waals surface area (Å²) in [6, 6.07) is 6.66. The van der Waals surface area contributed by atoms with Crippen LogP contribution >= 0.6 is 0 Å². The van der Waals surface area contributed by atoms with Crippen LogP contribution < -0.4 is 10.5 Å². The summed E-state index contributed by atoms with van der Waals surface area (Å²) in [5, 5.41) is 12.8. The predicted molar refractivity (Wildman–Crippen MR) is 110 cm³/mol. The lowest BCUT2D eigenvalue weighted by Gasteiger charge is -2.21. The van der Waals surface area contributed by atoms with Crippen LogP contribution in [0.15, 0.2) is 46.5 Å². The number of sulfonamides is 1. The van der Waals surface area contributed by atoms with Gasteiger partial charge >= 0.3 is 0 Å². The number of benzene rings is 1. The normalized spacial score (nSPS) is 17.9. The Morgan fingerprint density at radius 2 is 2.11 bits per heavy atom. The van der Waals surface area contributed by atoms with E-state index in [0.717, 1.165) is 44.0 Å². The number of hydrogen-bond acceptors (Lipinski definition) is 4. The van der Waals surface area contributed by atoms with Crippen LogP contribution in [0.3, 0.4) is 0 Å². The van der Waals surface area contributed by atoms with Crippen molar-refractivity contribution in [2.75, 3.05) is 26.2 Å². The molecule has 3 rings (SSSR count). The summed E-state index contributed by atoms with van der Waals surface area (Å²) in [7, 11) is -1.71. The SMILES string of the molecule is CCNC(=NCCc1ccc(S(N)(=O)=O)cc1)N1CCC(c2cnn(C)c2)C1. The Balaban J connectivity index is 1.60. The molecule has 0 amide bonds. The molecule has 0 aliphatic carbocycles. The van der Waals surface area contributed by atoms with Crippen LogP contribution in [0.1, 0.15) is 30.4 Å². The van der Waals surface area contributed by atoms with E-state index in [4.69, 9.17) is 10.1 Å². The van der Waals surface area contributed by atoms with E-state index < -0.39 is 10.0 Å². The van der Waals surface area contributed by atoms with Gasteiger partial charge < -0.3 is 10.2 Å². The van der Waals surface area contributed by atoms with Crippen LogP contribution in [0, 0.1) is 0 Å². The Bertz CT molecular complexity index is 920. The molecule has 1 aromatic carbocycles. The highest BCUT2D eigenvalue weighted by molar-refractivity contribution is 7.89. The second-order valence-corrected chi connectivity index (χ2v) is 8.61. The number of likely N-dealkylation sites (tertiary alicyclic amines) is 1. The Labute approximate surface area is 166 Å². The summed E-state index contributed by atoms with van der Waals surface area (Å²) in [5.74, 6) is 1.40. The number of guanidine groups is 1. The van der Waals surface area contributed by atoms with Crippen molar-refractivity contribution in [1.82, 2.24) is 20.0 Å². The van der Waals surface area contributed by atoms with Gasteiger partial charge in [0, 0.05) is 45.3 Å². The summed E-state index contributed by atoms with van der Waals surface area (Å²) in [4.78, 5) is 7.19. The number of nitrogens with zero attached hydrogens (tertiary/aromatic N) is 4. The molecule has 0 radical (unpaired) electrons. The van der Waals surface area contributed by atoms with Gasteiger partial charge in [0.05, 0.1) is 11.1 Å². The number of rotatable bonds is 6. The van der Waals surface area contributed by atoms with E-state index in [2.05, 4.69) is 28.4 Å². The molecule has 2 heterocycles. The number of hydrogen-bond donors (Lipinski definition) is 2. The van der Waals surface area contributed by atoms with Crippen LogP contribution in [0.2, 0.25) is 0 Å². The van der Waals surface area contributed by atoms with E-state index in [1.165, 1.54) is 5.56 Å². The molecule has 9 heteroatoms. The summed E-state index contributed by atoms with van der Waals surface area (Å²) in [6.07, 6.45) is 5.86. The molecule has 0 saturated carbocycles. The number of nitrogens with one attached hydrogen (secondary N) is 1. The summed E-state index contributed by atoms with van der Waals surface area (Å²) < 4.78 is 24.5. The maximum Gasteiger partial charge on any atom is 0.238 e. The molecule has 152 valence electrons. The molecule has 1 aliphatic rings. The zero-order chi connectivity index (χ0) is 20.1. The molecule has 2 aromatic rings. The monoisotopic (exact) mass is 404 g/mol. The molecule has 0 spiro atoms. The fraction of sp³-hybridized carbons (Fsp3) is 0.474. The molecule has 1 saturated heterocycles. The van der Waals surface area contributed by atoms with Crippen LogP contribution in [-0.2, 0) is 23.5 Å². The average molecular weight is 405 g/mol. The lowest BCUT2D eigenvalue weighted by atomic mass is 10.0. The van der Waals surface area contributed by atoms with E-state index in [9.17, 15) is 8.42 Å². The van der Waals surface area contributed by atoms with Crippen LogP contribution in [0.5, 0.6) is 0 Å². The maximum atomic E-state index is 11.3. The standard InChI is InChI=1S/C19H28N6O2S/c1-3-21-19(25-11-9-16(14-25)17-12-23-24(2)13-17)22-10-8-15-4-6-18(7-5-15)28(20,26)27/h4-7,12-13,16H,3,8-11,14H2,1-2H3,(H,21,22)(H2,20,26,27). The van der Waals surface area contributed by atoms with Crippen molar-refractivity contribution >= 4 is 16.0 Å². The molecular formula is C19H28N6O2S. The van der Waals surface area contributed by atoms with E-state index in [1.54, 1.807) is 24.3 Å². The highest BCUT2D eigenvalue weighted by Crippen LogP contribution is 2.26.